The molecule has 3 amide bonds. The smallest absolute Gasteiger partial charge is 0.248 e. The number of thioether (sulfide) groups is 1. The van der Waals surface area contributed by atoms with Gasteiger partial charge < -0.3 is 19.8 Å². The zero-order valence-corrected chi connectivity index (χ0v) is 26.2. The summed E-state index contributed by atoms with van der Waals surface area (Å²) in [5.74, 6) is -1.50. The second-order valence-corrected chi connectivity index (χ2v) is 13.7. The molecule has 2 unspecified atom stereocenters. The maximum absolute atomic E-state index is 14.7. The van der Waals surface area contributed by atoms with Gasteiger partial charge in [-0.1, -0.05) is 59.8 Å². The van der Waals surface area contributed by atoms with Crippen LogP contribution in [0.3, 0.4) is 0 Å². The maximum atomic E-state index is 14.7. The molecule has 5 atom stereocenters. The Balaban J connectivity index is 1.33. The van der Waals surface area contributed by atoms with Gasteiger partial charge in [0.15, 0.2) is 0 Å². The highest BCUT2D eigenvalue weighted by molar-refractivity contribution is 8.02. The summed E-state index contributed by atoms with van der Waals surface area (Å²) >= 11 is 1.66. The van der Waals surface area contributed by atoms with Crippen LogP contribution in [0.2, 0.25) is 0 Å². The second kappa shape index (κ2) is 13.2. The fraction of sp³-hybridized carbons (Fsp3) is 0.441. The minimum atomic E-state index is -0.738. The third-order valence-corrected chi connectivity index (χ3v) is 11.3. The van der Waals surface area contributed by atoms with Gasteiger partial charge in [0.05, 0.1) is 22.1 Å². The van der Waals surface area contributed by atoms with Crippen molar-refractivity contribution in [3.8, 4) is 0 Å². The van der Waals surface area contributed by atoms with Gasteiger partial charge in [0, 0.05) is 38.0 Å². The summed E-state index contributed by atoms with van der Waals surface area (Å²) in [7, 11) is 0. The zero-order valence-electron chi connectivity index (χ0n) is 25.4. The van der Waals surface area contributed by atoms with Crippen molar-refractivity contribution in [1.82, 2.24) is 29.7 Å². The van der Waals surface area contributed by atoms with Crippen molar-refractivity contribution in [2.24, 2.45) is 11.8 Å². The Labute approximate surface area is 267 Å². The lowest BCUT2D eigenvalue weighted by molar-refractivity contribution is -0.145. The van der Waals surface area contributed by atoms with E-state index in [1.54, 1.807) is 43.3 Å². The van der Waals surface area contributed by atoms with Crippen LogP contribution in [-0.2, 0) is 27.6 Å². The average Bonchev–Trinajstić information content (AvgIpc) is 3.80. The van der Waals surface area contributed by atoms with E-state index in [9.17, 15) is 19.5 Å². The summed E-state index contributed by atoms with van der Waals surface area (Å²) in [5, 5.41) is 18.0. The number of unbranched alkanes of at least 4 members (excludes halogenated alkanes) is 1. The molecule has 2 aromatic carbocycles. The summed E-state index contributed by atoms with van der Waals surface area (Å²) < 4.78 is 0.982. The molecule has 1 aromatic heterocycles. The molecular formula is C34H40N6O4S. The largest absolute Gasteiger partial charge is 0.396 e. The quantitative estimate of drug-likeness (QED) is 0.215. The van der Waals surface area contributed by atoms with E-state index in [1.165, 1.54) is 0 Å². The van der Waals surface area contributed by atoms with Gasteiger partial charge in [-0.3, -0.25) is 14.4 Å². The monoisotopic (exact) mass is 628 g/mol. The fourth-order valence-corrected chi connectivity index (χ4v) is 9.69. The van der Waals surface area contributed by atoms with E-state index >= 15 is 0 Å². The van der Waals surface area contributed by atoms with Crippen molar-refractivity contribution in [2.75, 3.05) is 26.2 Å². The van der Waals surface area contributed by atoms with Crippen LogP contribution < -0.4 is 0 Å². The number of carbonyl (C=O) groups is 3. The maximum Gasteiger partial charge on any atom is 0.248 e. The van der Waals surface area contributed by atoms with Crippen LogP contribution in [0.4, 0.5) is 0 Å². The number of aliphatic hydroxyl groups is 1. The number of para-hydroxylation sites is 1. The standard InChI is InChI=1S/C34H40N6O4S/c1-3-18-37(22-24-12-6-5-7-13-24)31(42)28-27-16-17-34(45-27)29(28)32(43)39(20-10-11-21-41)30(34)33(44)38(19-4-2)23-40-26-15-9-8-14-25(26)35-36-40/h3-9,12-15,27-30,41H,1-2,10-11,16-23H2/t27-,28+,29-,30?,34?/m0/s1. The topological polar surface area (TPSA) is 112 Å². The highest BCUT2D eigenvalue weighted by Gasteiger charge is 2.74. The van der Waals surface area contributed by atoms with E-state index in [4.69, 9.17) is 0 Å². The Hall–Kier alpha value is -3.96. The van der Waals surface area contributed by atoms with E-state index in [2.05, 4.69) is 23.5 Å². The van der Waals surface area contributed by atoms with Crippen LogP contribution in [0.25, 0.3) is 11.0 Å². The molecule has 4 heterocycles. The first-order chi connectivity index (χ1) is 21.9. The van der Waals surface area contributed by atoms with Crippen molar-refractivity contribution < 1.29 is 19.5 Å². The Bertz CT molecular complexity index is 1580. The number of nitrogens with zero attached hydrogens (tertiary/aromatic N) is 6. The number of aliphatic hydroxyl groups excluding tert-OH is 1. The van der Waals surface area contributed by atoms with Crippen LogP contribution in [-0.4, -0.2) is 94.8 Å². The first-order valence-electron chi connectivity index (χ1n) is 15.6. The van der Waals surface area contributed by atoms with E-state index in [1.807, 2.05) is 54.6 Å². The minimum Gasteiger partial charge on any atom is -0.396 e. The first kappa shape index (κ1) is 31.0. The molecule has 236 valence electrons. The summed E-state index contributed by atoms with van der Waals surface area (Å²) in [6.07, 6.45) is 5.94. The molecular weight excluding hydrogens is 588 g/mol. The van der Waals surface area contributed by atoms with Crippen LogP contribution in [0.1, 0.15) is 31.2 Å². The van der Waals surface area contributed by atoms with E-state index < -0.39 is 22.6 Å². The third-order valence-electron chi connectivity index (χ3n) is 9.39. The molecule has 3 aliphatic rings. The Morgan fingerprint density at radius 1 is 1.02 bits per heavy atom. The van der Waals surface area contributed by atoms with Gasteiger partial charge in [-0.25, -0.2) is 4.68 Å². The molecule has 3 saturated heterocycles. The number of fused-ring (bicyclic) bond motifs is 2. The molecule has 2 bridgehead atoms. The summed E-state index contributed by atoms with van der Waals surface area (Å²) in [5.41, 5.74) is 2.55. The lowest BCUT2D eigenvalue weighted by Gasteiger charge is -2.37. The molecule has 0 aliphatic carbocycles. The van der Waals surface area contributed by atoms with E-state index in [0.29, 0.717) is 38.9 Å². The van der Waals surface area contributed by atoms with Crippen molar-refractivity contribution >= 4 is 40.5 Å². The minimum absolute atomic E-state index is 0.00507. The number of likely N-dealkylation sites (tertiary alicyclic amines) is 1. The predicted octanol–water partition coefficient (Wildman–Crippen LogP) is 3.48. The summed E-state index contributed by atoms with van der Waals surface area (Å²) in [6, 6.07) is 16.7. The van der Waals surface area contributed by atoms with Gasteiger partial charge in [0.25, 0.3) is 0 Å². The highest BCUT2D eigenvalue weighted by atomic mass is 32.2. The number of hydrogen-bond donors (Lipinski definition) is 1. The van der Waals surface area contributed by atoms with Crippen molar-refractivity contribution in [1.29, 1.82) is 0 Å². The number of aromatic nitrogens is 3. The Kier molecular flexibility index (Phi) is 9.09. The molecule has 0 saturated carbocycles. The Morgan fingerprint density at radius 2 is 1.76 bits per heavy atom. The molecule has 11 heteroatoms. The molecule has 3 aromatic rings. The van der Waals surface area contributed by atoms with Crippen molar-refractivity contribution in [3.05, 3.63) is 85.5 Å². The third kappa shape index (κ3) is 5.56. The second-order valence-electron chi connectivity index (χ2n) is 12.1. The highest BCUT2D eigenvalue weighted by Crippen LogP contribution is 2.66. The summed E-state index contributed by atoms with van der Waals surface area (Å²) in [6.45, 7) is 9.36. The molecule has 3 fully saturated rings. The Morgan fingerprint density at radius 3 is 2.51 bits per heavy atom. The lowest BCUT2D eigenvalue weighted by Crippen LogP contribution is -2.55. The van der Waals surface area contributed by atoms with Gasteiger partial charge in [-0.2, -0.15) is 0 Å². The van der Waals surface area contributed by atoms with Gasteiger partial charge in [-0.05, 0) is 43.4 Å². The molecule has 1 N–H and O–H groups in total. The normalized spacial score (nSPS) is 25.0. The molecule has 45 heavy (non-hydrogen) atoms. The number of carbonyl (C=O) groups excluding carboxylic acids is 3. The van der Waals surface area contributed by atoms with Crippen LogP contribution in [0.15, 0.2) is 79.9 Å². The molecule has 6 rings (SSSR count). The predicted molar refractivity (Wildman–Crippen MR) is 174 cm³/mol. The van der Waals surface area contributed by atoms with Gasteiger partial charge in [0.2, 0.25) is 17.7 Å². The molecule has 1 spiro atoms. The van der Waals surface area contributed by atoms with E-state index in [0.717, 1.165) is 23.0 Å². The first-order valence-corrected chi connectivity index (χ1v) is 16.5. The van der Waals surface area contributed by atoms with Crippen LogP contribution >= 0.6 is 11.8 Å². The van der Waals surface area contributed by atoms with Gasteiger partial charge >= 0.3 is 0 Å². The van der Waals surface area contributed by atoms with Crippen LogP contribution in [0, 0.1) is 11.8 Å². The number of hydrogen-bond acceptors (Lipinski definition) is 7. The molecule has 0 radical (unpaired) electrons. The van der Waals surface area contributed by atoms with Crippen molar-refractivity contribution in [2.45, 2.75) is 54.9 Å². The molecule has 3 aliphatic heterocycles. The lowest BCUT2D eigenvalue weighted by atomic mass is 9.70. The van der Waals surface area contributed by atoms with Gasteiger partial charge in [-0.15, -0.1) is 30.0 Å². The zero-order chi connectivity index (χ0) is 31.6. The fourth-order valence-electron chi connectivity index (χ4n) is 7.48. The number of amides is 3. The molecule has 10 nitrogen and oxygen atoms in total. The van der Waals surface area contributed by atoms with Crippen molar-refractivity contribution in [3.63, 3.8) is 0 Å². The average molecular weight is 629 g/mol. The van der Waals surface area contributed by atoms with Crippen LogP contribution in [0.5, 0.6) is 0 Å². The SMILES string of the molecule is C=CCN(Cn1nnc2ccccc21)C(=O)C1N(CCCCO)C(=O)[C@@H]2[C@H](C(=O)N(CC=C)Cc3ccccc3)[C@@H]3CCC12S3. The number of rotatable bonds is 14. The number of benzene rings is 2. The van der Waals surface area contributed by atoms with Gasteiger partial charge in [0.1, 0.15) is 18.2 Å². The summed E-state index contributed by atoms with van der Waals surface area (Å²) in [4.78, 5) is 48.7. The van der Waals surface area contributed by atoms with E-state index in [-0.39, 0.29) is 42.8 Å².